The summed E-state index contributed by atoms with van der Waals surface area (Å²) in [5, 5.41) is 0. The van der Waals surface area contributed by atoms with E-state index in [1.807, 2.05) is 38.2 Å². The van der Waals surface area contributed by atoms with Crippen LogP contribution in [0.2, 0.25) is 0 Å². The zero-order valence-corrected chi connectivity index (χ0v) is 9.36. The van der Waals surface area contributed by atoms with Crippen LogP contribution in [0.4, 0.5) is 0 Å². The summed E-state index contributed by atoms with van der Waals surface area (Å²) in [7, 11) is 0. The molecule has 0 aliphatic rings. The summed E-state index contributed by atoms with van der Waals surface area (Å²) in [6.45, 7) is 8.31. The zero-order valence-electron chi connectivity index (χ0n) is 9.36. The third-order valence-corrected chi connectivity index (χ3v) is 1.97. The van der Waals surface area contributed by atoms with E-state index in [0.29, 0.717) is 5.92 Å². The minimum atomic E-state index is 0.505. The third-order valence-electron chi connectivity index (χ3n) is 1.97. The van der Waals surface area contributed by atoms with Gasteiger partial charge in [0.2, 0.25) is 0 Å². The average molecular weight is 190 g/mol. The Morgan fingerprint density at radius 3 is 2.50 bits per heavy atom. The van der Waals surface area contributed by atoms with Crippen LogP contribution < -0.4 is 0 Å². The minimum Gasteiger partial charge on any atom is -0.307 e. The van der Waals surface area contributed by atoms with Crippen LogP contribution in [0.1, 0.15) is 39.3 Å². The van der Waals surface area contributed by atoms with Crippen molar-refractivity contribution in [3.05, 3.63) is 36.3 Å². The Hall–Kier alpha value is -1.31. The summed E-state index contributed by atoms with van der Waals surface area (Å²) in [6.07, 6.45) is 4.11. The standard InChI is InChI=1S/C10H12N2.C2H6/c1-8(2)9-7-12-6-4-3-5-10(12)11-9;1-2/h3-8H,1-2H3;1-2H3. The fourth-order valence-electron chi connectivity index (χ4n) is 1.23. The van der Waals surface area contributed by atoms with Crippen molar-refractivity contribution >= 4 is 5.65 Å². The van der Waals surface area contributed by atoms with Crippen LogP contribution in [0.3, 0.4) is 0 Å². The maximum Gasteiger partial charge on any atom is 0.136 e. The van der Waals surface area contributed by atoms with Crippen LogP contribution in [-0.4, -0.2) is 9.38 Å². The lowest BCUT2D eigenvalue weighted by atomic mass is 10.2. The van der Waals surface area contributed by atoms with Crippen molar-refractivity contribution in [2.24, 2.45) is 0 Å². The van der Waals surface area contributed by atoms with Gasteiger partial charge in [-0.15, -0.1) is 0 Å². The van der Waals surface area contributed by atoms with Crippen molar-refractivity contribution < 1.29 is 0 Å². The van der Waals surface area contributed by atoms with Crippen LogP contribution in [0.5, 0.6) is 0 Å². The Labute approximate surface area is 85.6 Å². The third kappa shape index (κ3) is 2.13. The predicted molar refractivity (Wildman–Crippen MR) is 60.6 cm³/mol. The molecule has 2 aromatic heterocycles. The van der Waals surface area contributed by atoms with E-state index >= 15 is 0 Å². The highest BCUT2D eigenvalue weighted by Crippen LogP contribution is 2.13. The number of pyridine rings is 1. The molecule has 2 aromatic rings. The fourth-order valence-corrected chi connectivity index (χ4v) is 1.23. The highest BCUT2D eigenvalue weighted by Gasteiger charge is 2.03. The van der Waals surface area contributed by atoms with Crippen LogP contribution in [0.15, 0.2) is 30.6 Å². The molecular formula is C12H18N2. The van der Waals surface area contributed by atoms with Gasteiger partial charge in [0.15, 0.2) is 0 Å². The number of hydrogen-bond donors (Lipinski definition) is 0. The molecule has 0 fully saturated rings. The largest absolute Gasteiger partial charge is 0.307 e. The fraction of sp³-hybridized carbons (Fsp3) is 0.417. The van der Waals surface area contributed by atoms with Gasteiger partial charge in [-0.2, -0.15) is 0 Å². The smallest absolute Gasteiger partial charge is 0.136 e. The first kappa shape index (κ1) is 10.8. The molecule has 2 rings (SSSR count). The first-order chi connectivity index (χ1) is 6.77. The van der Waals surface area contributed by atoms with Gasteiger partial charge in [0.1, 0.15) is 5.65 Å². The van der Waals surface area contributed by atoms with Gasteiger partial charge in [0.05, 0.1) is 5.69 Å². The zero-order chi connectivity index (χ0) is 10.6. The molecule has 0 amide bonds. The van der Waals surface area contributed by atoms with Crippen molar-refractivity contribution in [3.8, 4) is 0 Å². The number of hydrogen-bond acceptors (Lipinski definition) is 1. The van der Waals surface area contributed by atoms with Gasteiger partial charge in [0.25, 0.3) is 0 Å². The second-order valence-corrected chi connectivity index (χ2v) is 3.29. The quantitative estimate of drug-likeness (QED) is 0.673. The lowest BCUT2D eigenvalue weighted by Crippen LogP contribution is -1.84. The maximum absolute atomic E-state index is 4.48. The number of nitrogens with zero attached hydrogens (tertiary/aromatic N) is 2. The molecule has 0 saturated carbocycles. The molecule has 0 radical (unpaired) electrons. The van der Waals surface area contributed by atoms with Gasteiger partial charge < -0.3 is 4.40 Å². The Bertz CT molecular complexity index is 355. The van der Waals surface area contributed by atoms with E-state index in [9.17, 15) is 0 Å². The Balaban J connectivity index is 0.000000461. The van der Waals surface area contributed by atoms with Crippen molar-refractivity contribution in [2.75, 3.05) is 0 Å². The second kappa shape index (κ2) is 4.80. The molecule has 0 aliphatic heterocycles. The summed E-state index contributed by atoms with van der Waals surface area (Å²) in [6, 6.07) is 6.04. The number of rotatable bonds is 1. The van der Waals surface area contributed by atoms with E-state index in [-0.39, 0.29) is 0 Å². The van der Waals surface area contributed by atoms with Crippen molar-refractivity contribution in [3.63, 3.8) is 0 Å². The van der Waals surface area contributed by atoms with Gasteiger partial charge in [-0.05, 0) is 18.1 Å². The summed E-state index contributed by atoms with van der Waals surface area (Å²) in [5.41, 5.74) is 2.18. The molecule has 0 aliphatic carbocycles. The van der Waals surface area contributed by atoms with Crippen molar-refractivity contribution in [2.45, 2.75) is 33.6 Å². The van der Waals surface area contributed by atoms with Crippen molar-refractivity contribution in [1.29, 1.82) is 0 Å². The number of fused-ring (bicyclic) bond motifs is 1. The summed E-state index contributed by atoms with van der Waals surface area (Å²) >= 11 is 0. The minimum absolute atomic E-state index is 0.505. The molecule has 0 unspecified atom stereocenters. The lowest BCUT2D eigenvalue weighted by Gasteiger charge is -1.94. The highest BCUT2D eigenvalue weighted by molar-refractivity contribution is 5.39. The second-order valence-electron chi connectivity index (χ2n) is 3.29. The summed E-state index contributed by atoms with van der Waals surface area (Å²) in [5.74, 6) is 0.505. The number of aromatic nitrogens is 2. The van der Waals surface area contributed by atoms with Crippen LogP contribution in [0, 0.1) is 0 Å². The molecule has 14 heavy (non-hydrogen) atoms. The SMILES string of the molecule is CC.CC(C)c1cn2ccccc2n1. The maximum atomic E-state index is 4.48. The topological polar surface area (TPSA) is 17.3 Å². The van der Waals surface area contributed by atoms with Gasteiger partial charge in [-0.3, -0.25) is 0 Å². The Morgan fingerprint density at radius 1 is 1.21 bits per heavy atom. The highest BCUT2D eigenvalue weighted by atomic mass is 15.0. The molecule has 2 heterocycles. The van der Waals surface area contributed by atoms with E-state index in [1.54, 1.807) is 0 Å². The molecule has 0 bridgehead atoms. The summed E-state index contributed by atoms with van der Waals surface area (Å²) in [4.78, 5) is 4.48. The average Bonchev–Trinajstić information content (AvgIpc) is 2.64. The van der Waals surface area contributed by atoms with Gasteiger partial charge in [-0.1, -0.05) is 33.8 Å². The van der Waals surface area contributed by atoms with E-state index in [4.69, 9.17) is 0 Å². The van der Waals surface area contributed by atoms with Gasteiger partial charge in [-0.25, -0.2) is 4.98 Å². The molecule has 0 saturated heterocycles. The number of imidazole rings is 1. The molecular weight excluding hydrogens is 172 g/mol. The Morgan fingerprint density at radius 2 is 1.93 bits per heavy atom. The monoisotopic (exact) mass is 190 g/mol. The Kier molecular flexibility index (Phi) is 3.69. The first-order valence-corrected chi connectivity index (χ1v) is 5.21. The van der Waals surface area contributed by atoms with E-state index in [2.05, 4.69) is 29.4 Å². The predicted octanol–water partition coefficient (Wildman–Crippen LogP) is 3.48. The van der Waals surface area contributed by atoms with E-state index < -0.39 is 0 Å². The van der Waals surface area contributed by atoms with Gasteiger partial charge in [0, 0.05) is 12.4 Å². The summed E-state index contributed by atoms with van der Waals surface area (Å²) < 4.78 is 2.05. The molecule has 2 nitrogen and oxygen atoms in total. The molecule has 0 spiro atoms. The van der Waals surface area contributed by atoms with Crippen LogP contribution in [0.25, 0.3) is 5.65 Å². The van der Waals surface area contributed by atoms with Gasteiger partial charge >= 0.3 is 0 Å². The molecule has 0 atom stereocenters. The van der Waals surface area contributed by atoms with Crippen molar-refractivity contribution in [1.82, 2.24) is 9.38 Å². The first-order valence-electron chi connectivity index (χ1n) is 5.21. The van der Waals surface area contributed by atoms with Crippen LogP contribution in [-0.2, 0) is 0 Å². The molecule has 0 N–H and O–H groups in total. The molecule has 76 valence electrons. The lowest BCUT2D eigenvalue weighted by molar-refractivity contribution is 0.834. The molecule has 2 heteroatoms. The normalized spacial score (nSPS) is 10.1. The van der Waals surface area contributed by atoms with E-state index in [1.165, 1.54) is 0 Å². The van der Waals surface area contributed by atoms with E-state index in [0.717, 1.165) is 11.3 Å². The van der Waals surface area contributed by atoms with Crippen LogP contribution >= 0.6 is 0 Å². The molecule has 0 aromatic carbocycles.